The second kappa shape index (κ2) is 10.6. The van der Waals surface area contributed by atoms with Crippen molar-refractivity contribution < 1.29 is 4.79 Å². The van der Waals surface area contributed by atoms with E-state index >= 15 is 0 Å². The molecule has 0 bridgehead atoms. The smallest absolute Gasteiger partial charge is 0.266 e. The van der Waals surface area contributed by atoms with E-state index in [1.165, 1.54) is 11.8 Å². The van der Waals surface area contributed by atoms with Crippen LogP contribution in [-0.4, -0.2) is 21.2 Å². The maximum absolute atomic E-state index is 13.4. The highest BCUT2D eigenvalue weighted by molar-refractivity contribution is 7.99. The normalized spacial score (nSPS) is 11.1. The van der Waals surface area contributed by atoms with Gasteiger partial charge in [-0.3, -0.25) is 14.2 Å². The van der Waals surface area contributed by atoms with Crippen LogP contribution in [0.25, 0.3) is 16.6 Å². The number of benzene rings is 4. The first-order chi connectivity index (χ1) is 17.6. The van der Waals surface area contributed by atoms with Gasteiger partial charge in [-0.1, -0.05) is 102 Å². The summed E-state index contributed by atoms with van der Waals surface area (Å²) in [5.74, 6) is -0.0251. The number of fused-ring (bicyclic) bond motifs is 1. The molecule has 5 rings (SSSR count). The summed E-state index contributed by atoms with van der Waals surface area (Å²) >= 11 is 1.26. The Bertz CT molecular complexity index is 1510. The highest BCUT2D eigenvalue weighted by atomic mass is 32.2. The minimum absolute atomic E-state index is 0.118. The van der Waals surface area contributed by atoms with Crippen molar-refractivity contribution in [2.45, 2.75) is 18.1 Å². The number of nitrogens with one attached hydrogen (secondary N) is 1. The Labute approximate surface area is 213 Å². The second-order valence-corrected chi connectivity index (χ2v) is 9.44. The quantitative estimate of drug-likeness (QED) is 0.235. The van der Waals surface area contributed by atoms with Gasteiger partial charge in [0.05, 0.1) is 28.4 Å². The number of carbonyl (C=O) groups excluding carboxylic acids is 1. The first kappa shape index (κ1) is 23.6. The Kier molecular flexibility index (Phi) is 6.96. The van der Waals surface area contributed by atoms with Crippen molar-refractivity contribution in [1.82, 2.24) is 14.9 Å². The van der Waals surface area contributed by atoms with Gasteiger partial charge in [0.25, 0.3) is 5.56 Å². The Morgan fingerprint density at radius 2 is 1.42 bits per heavy atom. The molecule has 5 nitrogen and oxygen atoms in total. The summed E-state index contributed by atoms with van der Waals surface area (Å²) in [5.41, 5.74) is 4.28. The average molecular weight is 492 g/mol. The lowest BCUT2D eigenvalue weighted by molar-refractivity contribution is -0.119. The number of nitrogens with zero attached hydrogens (tertiary/aromatic N) is 2. The summed E-state index contributed by atoms with van der Waals surface area (Å²) < 4.78 is 1.59. The van der Waals surface area contributed by atoms with Crippen molar-refractivity contribution in [2.24, 2.45) is 0 Å². The fourth-order valence-corrected chi connectivity index (χ4v) is 4.94. The molecule has 0 aliphatic heterocycles. The Morgan fingerprint density at radius 1 is 0.833 bits per heavy atom. The predicted octanol–water partition coefficient (Wildman–Crippen LogP) is 5.69. The number of aromatic nitrogens is 2. The molecule has 5 aromatic rings. The van der Waals surface area contributed by atoms with Crippen LogP contribution in [0.4, 0.5) is 0 Å². The third-order valence-electron chi connectivity index (χ3n) is 5.94. The van der Waals surface area contributed by atoms with Gasteiger partial charge in [-0.2, -0.15) is 0 Å². The molecular formula is C30H25N3O2S. The molecule has 0 fully saturated rings. The first-order valence-electron chi connectivity index (χ1n) is 11.7. The van der Waals surface area contributed by atoms with Gasteiger partial charge in [-0.15, -0.1) is 0 Å². The van der Waals surface area contributed by atoms with Crippen LogP contribution >= 0.6 is 11.8 Å². The maximum atomic E-state index is 13.4. The summed E-state index contributed by atoms with van der Waals surface area (Å²) in [7, 11) is 0. The fourth-order valence-electron chi connectivity index (χ4n) is 4.11. The van der Waals surface area contributed by atoms with Crippen LogP contribution in [0.2, 0.25) is 0 Å². The van der Waals surface area contributed by atoms with Crippen LogP contribution in [0, 0.1) is 6.92 Å². The zero-order valence-electron chi connectivity index (χ0n) is 19.8. The second-order valence-electron chi connectivity index (χ2n) is 8.50. The van der Waals surface area contributed by atoms with Crippen molar-refractivity contribution in [1.29, 1.82) is 0 Å². The number of aryl methyl sites for hydroxylation is 1. The lowest BCUT2D eigenvalue weighted by Gasteiger charge is -2.20. The Morgan fingerprint density at radius 3 is 2.06 bits per heavy atom. The van der Waals surface area contributed by atoms with Gasteiger partial charge in [0, 0.05) is 0 Å². The summed E-state index contributed by atoms with van der Waals surface area (Å²) in [5, 5.41) is 4.19. The highest BCUT2D eigenvalue weighted by Crippen LogP contribution is 2.24. The Hall–Kier alpha value is -4.16. The van der Waals surface area contributed by atoms with E-state index in [4.69, 9.17) is 4.98 Å². The molecule has 0 radical (unpaired) electrons. The molecule has 0 saturated heterocycles. The zero-order valence-corrected chi connectivity index (χ0v) is 20.6. The molecule has 178 valence electrons. The predicted molar refractivity (Wildman–Crippen MR) is 146 cm³/mol. The number of hydrogen-bond donors (Lipinski definition) is 1. The van der Waals surface area contributed by atoms with Crippen molar-refractivity contribution in [3.63, 3.8) is 0 Å². The van der Waals surface area contributed by atoms with Crippen LogP contribution in [-0.2, 0) is 4.79 Å². The number of amides is 1. The van der Waals surface area contributed by atoms with Crippen molar-refractivity contribution in [3.8, 4) is 5.69 Å². The van der Waals surface area contributed by atoms with Crippen LogP contribution < -0.4 is 10.9 Å². The number of rotatable bonds is 7. The van der Waals surface area contributed by atoms with E-state index in [0.29, 0.717) is 16.1 Å². The largest absolute Gasteiger partial charge is 0.344 e. The lowest BCUT2D eigenvalue weighted by atomic mass is 9.99. The summed E-state index contributed by atoms with van der Waals surface area (Å²) in [4.78, 5) is 31.4. The van der Waals surface area contributed by atoms with Crippen molar-refractivity contribution >= 4 is 28.6 Å². The molecule has 0 atom stereocenters. The lowest BCUT2D eigenvalue weighted by Crippen LogP contribution is -2.31. The molecule has 1 heterocycles. The minimum atomic E-state index is -0.274. The van der Waals surface area contributed by atoms with Crippen LogP contribution in [0.1, 0.15) is 22.7 Å². The monoisotopic (exact) mass is 491 g/mol. The first-order valence-corrected chi connectivity index (χ1v) is 12.7. The number of carbonyl (C=O) groups is 1. The molecule has 0 aliphatic rings. The van der Waals surface area contributed by atoms with Gasteiger partial charge in [-0.05, 0) is 42.3 Å². The SMILES string of the molecule is Cc1ccc(-n2c(SCC(=O)NC(c3ccccc3)c3ccccc3)nc3ccccc3c2=O)cc1. The maximum Gasteiger partial charge on any atom is 0.266 e. The van der Waals surface area contributed by atoms with E-state index in [-0.39, 0.29) is 23.3 Å². The summed E-state index contributed by atoms with van der Waals surface area (Å²) in [6, 6.07) is 34.5. The standard InChI is InChI=1S/C30H25N3O2S/c1-21-16-18-24(19-17-21)33-29(35)25-14-8-9-15-26(25)31-30(33)36-20-27(34)32-28(22-10-4-2-5-11-22)23-12-6-3-7-13-23/h2-19,28H,20H2,1H3,(H,32,34). The zero-order chi connectivity index (χ0) is 24.9. The van der Waals surface area contributed by atoms with Crippen LogP contribution in [0.15, 0.2) is 119 Å². The van der Waals surface area contributed by atoms with Crippen molar-refractivity contribution in [2.75, 3.05) is 5.75 Å². The molecule has 0 aliphatic carbocycles. The molecule has 1 amide bonds. The van der Waals surface area contributed by atoms with E-state index < -0.39 is 0 Å². The molecule has 1 N–H and O–H groups in total. The topological polar surface area (TPSA) is 64.0 Å². The van der Waals surface area contributed by atoms with Crippen LogP contribution in [0.3, 0.4) is 0 Å². The average Bonchev–Trinajstić information content (AvgIpc) is 2.92. The molecule has 0 unspecified atom stereocenters. The van der Waals surface area contributed by atoms with Gasteiger partial charge in [-0.25, -0.2) is 4.98 Å². The molecule has 0 spiro atoms. The van der Waals surface area contributed by atoms with E-state index in [0.717, 1.165) is 22.4 Å². The highest BCUT2D eigenvalue weighted by Gasteiger charge is 2.19. The molecule has 6 heteroatoms. The number of para-hydroxylation sites is 1. The molecule has 4 aromatic carbocycles. The van der Waals surface area contributed by atoms with Crippen LogP contribution in [0.5, 0.6) is 0 Å². The van der Waals surface area contributed by atoms with E-state index in [9.17, 15) is 9.59 Å². The van der Waals surface area contributed by atoms with Gasteiger partial charge < -0.3 is 5.32 Å². The number of hydrogen-bond acceptors (Lipinski definition) is 4. The fraction of sp³-hybridized carbons (Fsp3) is 0.100. The summed E-state index contributed by atoms with van der Waals surface area (Å²) in [6.07, 6.45) is 0. The van der Waals surface area contributed by atoms with E-state index in [2.05, 4.69) is 5.32 Å². The van der Waals surface area contributed by atoms with Gasteiger partial charge in [0.15, 0.2) is 5.16 Å². The summed E-state index contributed by atoms with van der Waals surface area (Å²) in [6.45, 7) is 2.00. The molecular weight excluding hydrogens is 466 g/mol. The third kappa shape index (κ3) is 5.09. The number of thioether (sulfide) groups is 1. The molecule has 1 aromatic heterocycles. The van der Waals surface area contributed by atoms with Crippen molar-refractivity contribution in [3.05, 3.63) is 136 Å². The minimum Gasteiger partial charge on any atom is -0.344 e. The van der Waals surface area contributed by atoms with Gasteiger partial charge >= 0.3 is 0 Å². The molecule has 0 saturated carbocycles. The Balaban J connectivity index is 1.44. The van der Waals surface area contributed by atoms with Gasteiger partial charge in [0.1, 0.15) is 0 Å². The third-order valence-corrected chi connectivity index (χ3v) is 6.88. The molecule has 36 heavy (non-hydrogen) atoms. The van der Waals surface area contributed by atoms with E-state index in [1.54, 1.807) is 10.6 Å². The van der Waals surface area contributed by atoms with E-state index in [1.807, 2.05) is 110 Å². The van der Waals surface area contributed by atoms with Gasteiger partial charge in [0.2, 0.25) is 5.91 Å².